The van der Waals surface area contributed by atoms with E-state index in [0.29, 0.717) is 35.9 Å². The molecule has 2 aromatic rings. The molecule has 0 atom stereocenters. The first-order valence-corrected chi connectivity index (χ1v) is 9.02. The molecule has 2 aromatic carbocycles. The highest BCUT2D eigenvalue weighted by atomic mass is 16.7. The molecule has 0 radical (unpaired) electrons. The lowest BCUT2D eigenvalue weighted by molar-refractivity contribution is -0.115. The van der Waals surface area contributed by atoms with Gasteiger partial charge in [0.25, 0.3) is 5.91 Å². The number of anilines is 1. The number of carbonyl (C=O) groups is 2. The van der Waals surface area contributed by atoms with E-state index >= 15 is 0 Å². The molecule has 2 heterocycles. The first kappa shape index (κ1) is 18.8. The Morgan fingerprint density at radius 1 is 1.17 bits per heavy atom. The Morgan fingerprint density at radius 2 is 1.93 bits per heavy atom. The van der Waals surface area contributed by atoms with E-state index in [1.807, 2.05) is 24.3 Å². The van der Waals surface area contributed by atoms with Gasteiger partial charge in [-0.1, -0.05) is 12.1 Å². The third-order valence-corrected chi connectivity index (χ3v) is 4.78. The third-order valence-electron chi connectivity index (χ3n) is 4.78. The van der Waals surface area contributed by atoms with Crippen molar-refractivity contribution < 1.29 is 28.9 Å². The van der Waals surface area contributed by atoms with Gasteiger partial charge in [-0.2, -0.15) is 0 Å². The van der Waals surface area contributed by atoms with Crippen molar-refractivity contribution in [3.8, 4) is 11.5 Å². The second kappa shape index (κ2) is 7.81. The summed E-state index contributed by atoms with van der Waals surface area (Å²) in [7, 11) is 1.58. The number of carboxylic acid groups (broad SMARTS) is 1. The van der Waals surface area contributed by atoms with Crippen LogP contribution < -0.4 is 14.4 Å². The number of carbonyl (C=O) groups excluding carboxylic acids is 1. The lowest BCUT2D eigenvalue weighted by Crippen LogP contribution is -2.37. The molecule has 0 aliphatic carbocycles. The largest absolute Gasteiger partial charge is 0.478 e. The minimum Gasteiger partial charge on any atom is -0.478 e. The Balaban J connectivity index is 1.68. The number of rotatable bonds is 5. The average molecular weight is 393 g/mol. The number of methoxy groups -OCH3 is 1. The highest BCUT2D eigenvalue weighted by Crippen LogP contribution is 2.34. The molecule has 2 aliphatic heterocycles. The van der Waals surface area contributed by atoms with E-state index in [4.69, 9.17) is 19.3 Å². The highest BCUT2D eigenvalue weighted by Gasteiger charge is 2.27. The molecular formula is C22H19NO6. The van der Waals surface area contributed by atoms with Crippen molar-refractivity contribution in [2.75, 3.05) is 32.0 Å². The van der Waals surface area contributed by atoms with Gasteiger partial charge in [0.2, 0.25) is 6.79 Å². The number of ether oxygens (including phenoxy) is 3. The van der Waals surface area contributed by atoms with Crippen LogP contribution in [0.4, 0.5) is 5.69 Å². The van der Waals surface area contributed by atoms with Crippen LogP contribution in [-0.2, 0) is 9.53 Å². The molecule has 7 nitrogen and oxygen atoms in total. The molecule has 29 heavy (non-hydrogen) atoms. The predicted octanol–water partition coefficient (Wildman–Crippen LogP) is 3.12. The molecule has 0 bridgehead atoms. The first-order valence-electron chi connectivity index (χ1n) is 9.02. The van der Waals surface area contributed by atoms with Crippen LogP contribution in [0.3, 0.4) is 0 Å². The maximum atomic E-state index is 13.3. The second-order valence-corrected chi connectivity index (χ2v) is 6.60. The van der Waals surface area contributed by atoms with Crippen LogP contribution in [0.2, 0.25) is 0 Å². The topological polar surface area (TPSA) is 85.3 Å². The van der Waals surface area contributed by atoms with Crippen molar-refractivity contribution in [1.82, 2.24) is 0 Å². The fraction of sp³-hybridized carbons (Fsp3) is 0.182. The summed E-state index contributed by atoms with van der Waals surface area (Å²) in [4.78, 5) is 25.9. The summed E-state index contributed by atoms with van der Waals surface area (Å²) in [5, 5.41) is 9.07. The summed E-state index contributed by atoms with van der Waals surface area (Å²) < 4.78 is 16.0. The molecule has 4 rings (SSSR count). The van der Waals surface area contributed by atoms with Crippen molar-refractivity contribution in [1.29, 1.82) is 0 Å². The van der Waals surface area contributed by atoms with Gasteiger partial charge >= 0.3 is 5.97 Å². The Kier molecular flexibility index (Phi) is 5.05. The molecule has 1 amide bonds. The Morgan fingerprint density at radius 3 is 2.66 bits per heavy atom. The van der Waals surface area contributed by atoms with Crippen molar-refractivity contribution in [3.63, 3.8) is 0 Å². The maximum Gasteiger partial charge on any atom is 0.335 e. The number of hydrogen-bond acceptors (Lipinski definition) is 5. The Hall–Kier alpha value is -3.58. The number of benzene rings is 2. The van der Waals surface area contributed by atoms with Crippen LogP contribution in [0.1, 0.15) is 15.9 Å². The minimum absolute atomic E-state index is 0.171. The smallest absolute Gasteiger partial charge is 0.335 e. The van der Waals surface area contributed by atoms with Crippen molar-refractivity contribution >= 4 is 23.6 Å². The van der Waals surface area contributed by atoms with Gasteiger partial charge in [0, 0.05) is 24.9 Å². The highest BCUT2D eigenvalue weighted by molar-refractivity contribution is 6.13. The number of fused-ring (bicyclic) bond motifs is 1. The van der Waals surface area contributed by atoms with E-state index in [9.17, 15) is 9.59 Å². The molecule has 7 heteroatoms. The van der Waals surface area contributed by atoms with Crippen molar-refractivity contribution in [3.05, 3.63) is 70.8 Å². The Labute approximate surface area is 167 Å². The van der Waals surface area contributed by atoms with Crippen LogP contribution in [0.5, 0.6) is 11.5 Å². The van der Waals surface area contributed by atoms with E-state index in [1.165, 1.54) is 12.1 Å². The Bertz CT molecular complexity index is 1020. The van der Waals surface area contributed by atoms with Gasteiger partial charge in [0.15, 0.2) is 11.5 Å². The van der Waals surface area contributed by atoms with Gasteiger partial charge in [-0.15, -0.1) is 0 Å². The van der Waals surface area contributed by atoms with Gasteiger partial charge in [0.05, 0.1) is 12.2 Å². The van der Waals surface area contributed by atoms with Gasteiger partial charge in [-0.25, -0.2) is 4.79 Å². The van der Waals surface area contributed by atoms with Crippen LogP contribution >= 0.6 is 0 Å². The van der Waals surface area contributed by atoms with Gasteiger partial charge < -0.3 is 24.2 Å². The summed E-state index contributed by atoms with van der Waals surface area (Å²) in [6, 6.07) is 11.7. The summed E-state index contributed by atoms with van der Waals surface area (Å²) >= 11 is 0. The standard InChI is InChI=1S/C22H19NO6/c1-27-12-16-8-9-23(17-5-3-15(4-6-17)22(25)26)21(24)18(16)10-14-2-7-19-20(11-14)29-13-28-19/h2-8,10-11H,9,12-13H2,1H3,(H,25,26)/b18-10-. The van der Waals surface area contributed by atoms with E-state index in [2.05, 4.69) is 0 Å². The quantitative estimate of drug-likeness (QED) is 0.786. The zero-order valence-electron chi connectivity index (χ0n) is 15.8. The summed E-state index contributed by atoms with van der Waals surface area (Å²) in [5.41, 5.74) is 2.92. The van der Waals surface area contributed by atoms with E-state index < -0.39 is 5.97 Å². The number of nitrogens with zero attached hydrogens (tertiary/aromatic N) is 1. The number of aromatic carboxylic acids is 1. The number of amides is 1. The van der Waals surface area contributed by atoms with Crippen molar-refractivity contribution in [2.45, 2.75) is 0 Å². The fourth-order valence-corrected chi connectivity index (χ4v) is 3.30. The average Bonchev–Trinajstić information content (AvgIpc) is 3.19. The first-order chi connectivity index (χ1) is 14.1. The summed E-state index contributed by atoms with van der Waals surface area (Å²) in [6.45, 7) is 0.875. The lowest BCUT2D eigenvalue weighted by Gasteiger charge is -2.28. The normalized spacial score (nSPS) is 16.9. The van der Waals surface area contributed by atoms with Crippen LogP contribution in [-0.4, -0.2) is 44.0 Å². The van der Waals surface area contributed by atoms with Gasteiger partial charge in [-0.3, -0.25) is 4.79 Å². The summed E-state index contributed by atoms with van der Waals surface area (Å²) in [5.74, 6) is 0.128. The molecule has 0 unspecified atom stereocenters. The SMILES string of the molecule is COCC1=CCN(c2ccc(C(=O)O)cc2)C(=O)/C1=C\c1ccc2c(c1)OCO2. The molecule has 1 N–H and O–H groups in total. The van der Waals surface area contributed by atoms with Gasteiger partial charge in [0.1, 0.15) is 0 Å². The number of hydrogen-bond donors (Lipinski definition) is 1. The maximum absolute atomic E-state index is 13.3. The number of carboxylic acids is 1. The fourth-order valence-electron chi connectivity index (χ4n) is 3.30. The zero-order valence-corrected chi connectivity index (χ0v) is 15.8. The predicted molar refractivity (Wildman–Crippen MR) is 106 cm³/mol. The monoisotopic (exact) mass is 393 g/mol. The molecule has 148 valence electrons. The van der Waals surface area contributed by atoms with E-state index in [1.54, 1.807) is 30.2 Å². The third kappa shape index (κ3) is 3.72. The van der Waals surface area contributed by atoms with Crippen molar-refractivity contribution in [2.24, 2.45) is 0 Å². The molecule has 2 aliphatic rings. The lowest BCUT2D eigenvalue weighted by atomic mass is 9.97. The zero-order chi connectivity index (χ0) is 20.4. The van der Waals surface area contributed by atoms with Gasteiger partial charge in [-0.05, 0) is 53.6 Å². The van der Waals surface area contributed by atoms with Crippen LogP contribution in [0, 0.1) is 0 Å². The molecule has 0 aromatic heterocycles. The second-order valence-electron chi connectivity index (χ2n) is 6.60. The molecule has 0 spiro atoms. The molecule has 0 fully saturated rings. The van der Waals surface area contributed by atoms with E-state index in [0.717, 1.165) is 11.1 Å². The minimum atomic E-state index is -1.01. The van der Waals surface area contributed by atoms with E-state index in [-0.39, 0.29) is 18.3 Å². The summed E-state index contributed by atoms with van der Waals surface area (Å²) in [6.07, 6.45) is 3.74. The van der Waals surface area contributed by atoms with Crippen LogP contribution in [0.15, 0.2) is 59.7 Å². The molecule has 0 saturated carbocycles. The van der Waals surface area contributed by atoms with Crippen LogP contribution in [0.25, 0.3) is 6.08 Å². The molecule has 0 saturated heterocycles. The molecular weight excluding hydrogens is 374 g/mol.